The Morgan fingerprint density at radius 1 is 0.269 bits per heavy atom. The van der Waals surface area contributed by atoms with Crippen LogP contribution in [-0.4, -0.2) is 37.2 Å². The average molecular weight is 1070 g/mol. The van der Waals surface area contributed by atoms with Gasteiger partial charge < -0.3 is 14.2 Å². The molecule has 0 saturated heterocycles. The summed E-state index contributed by atoms with van der Waals surface area (Å²) in [7, 11) is 0. The second kappa shape index (κ2) is 64.3. The van der Waals surface area contributed by atoms with Crippen molar-refractivity contribution in [2.45, 2.75) is 252 Å². The van der Waals surface area contributed by atoms with Crippen LogP contribution in [0.2, 0.25) is 0 Å². The largest absolute Gasteiger partial charge is 0.462 e. The van der Waals surface area contributed by atoms with Gasteiger partial charge in [0, 0.05) is 19.3 Å². The Morgan fingerprint density at radius 2 is 0.513 bits per heavy atom. The van der Waals surface area contributed by atoms with Gasteiger partial charge in [0.1, 0.15) is 13.2 Å². The Hall–Kier alpha value is -5.23. The number of carbonyl (C=O) groups is 3. The number of unbranched alkanes of at least 4 members (excludes halogenated alkanes) is 15. The summed E-state index contributed by atoms with van der Waals surface area (Å²) in [5.74, 6) is -1.03. The number of esters is 3. The Bertz CT molecular complexity index is 1810. The summed E-state index contributed by atoms with van der Waals surface area (Å²) in [6.45, 7) is 6.30. The van der Waals surface area contributed by atoms with E-state index in [4.69, 9.17) is 14.2 Å². The monoisotopic (exact) mass is 1070 g/mol. The zero-order chi connectivity index (χ0) is 56.4. The van der Waals surface area contributed by atoms with E-state index in [0.29, 0.717) is 19.3 Å². The van der Waals surface area contributed by atoms with E-state index in [1.807, 2.05) is 0 Å². The second-order valence-electron chi connectivity index (χ2n) is 19.8. The fourth-order valence-electron chi connectivity index (χ4n) is 7.84. The molecule has 0 aromatic rings. The molecule has 0 rings (SSSR count). The molecule has 436 valence electrons. The Balaban J connectivity index is 4.56. The molecule has 0 aliphatic carbocycles. The van der Waals surface area contributed by atoms with Gasteiger partial charge in [0.15, 0.2) is 6.10 Å². The van der Waals surface area contributed by atoms with Gasteiger partial charge in [0.05, 0.1) is 0 Å². The Morgan fingerprint density at radius 3 is 0.846 bits per heavy atom. The molecule has 0 bridgehead atoms. The highest BCUT2D eigenvalue weighted by Gasteiger charge is 2.19. The lowest BCUT2D eigenvalue weighted by atomic mass is 10.1. The van der Waals surface area contributed by atoms with Gasteiger partial charge in [-0.1, -0.05) is 249 Å². The molecule has 6 heteroatoms. The first kappa shape index (κ1) is 72.8. The first-order valence-corrected chi connectivity index (χ1v) is 31.1. The van der Waals surface area contributed by atoms with E-state index in [2.05, 4.69) is 191 Å². The lowest BCUT2D eigenvalue weighted by Gasteiger charge is -2.18. The highest BCUT2D eigenvalue weighted by atomic mass is 16.6. The first-order valence-electron chi connectivity index (χ1n) is 31.1. The van der Waals surface area contributed by atoms with Gasteiger partial charge in [-0.3, -0.25) is 14.4 Å². The number of hydrogen-bond donors (Lipinski definition) is 0. The van der Waals surface area contributed by atoms with Crippen molar-refractivity contribution >= 4 is 17.9 Å². The van der Waals surface area contributed by atoms with Crippen LogP contribution in [0.3, 0.4) is 0 Å². The van der Waals surface area contributed by atoms with Gasteiger partial charge >= 0.3 is 17.9 Å². The third-order valence-corrected chi connectivity index (χ3v) is 12.4. The van der Waals surface area contributed by atoms with Crippen LogP contribution in [-0.2, 0) is 28.6 Å². The molecule has 0 spiro atoms. The molecular formula is C72H112O6. The molecule has 0 radical (unpaired) electrons. The maximum atomic E-state index is 12.9. The summed E-state index contributed by atoms with van der Waals surface area (Å²) in [6.07, 6.45) is 94.9. The molecule has 0 aliphatic heterocycles. The second-order valence-corrected chi connectivity index (χ2v) is 19.8. The lowest BCUT2D eigenvalue weighted by Crippen LogP contribution is -2.30. The maximum Gasteiger partial charge on any atom is 0.306 e. The van der Waals surface area contributed by atoms with Gasteiger partial charge in [0.2, 0.25) is 0 Å². The quantitative estimate of drug-likeness (QED) is 0.0261. The molecule has 0 heterocycles. The van der Waals surface area contributed by atoms with Crippen molar-refractivity contribution in [1.82, 2.24) is 0 Å². The zero-order valence-corrected chi connectivity index (χ0v) is 49.9. The summed E-state index contributed by atoms with van der Waals surface area (Å²) in [6, 6.07) is 0. The van der Waals surface area contributed by atoms with Crippen LogP contribution in [0.5, 0.6) is 0 Å². The van der Waals surface area contributed by atoms with Crippen LogP contribution in [0.25, 0.3) is 0 Å². The normalized spacial score (nSPS) is 13.3. The summed E-state index contributed by atoms with van der Waals surface area (Å²) in [5, 5.41) is 0. The highest BCUT2D eigenvalue weighted by Crippen LogP contribution is 2.13. The number of rotatable bonds is 54. The van der Waals surface area contributed by atoms with E-state index >= 15 is 0 Å². The minimum atomic E-state index is -0.830. The van der Waals surface area contributed by atoms with Gasteiger partial charge in [-0.15, -0.1) is 0 Å². The lowest BCUT2D eigenvalue weighted by molar-refractivity contribution is -0.167. The number of ether oxygens (including phenoxy) is 3. The molecule has 0 saturated carbocycles. The smallest absolute Gasteiger partial charge is 0.306 e. The molecular weight excluding hydrogens is 961 g/mol. The van der Waals surface area contributed by atoms with Crippen LogP contribution in [0.1, 0.15) is 245 Å². The van der Waals surface area contributed by atoms with E-state index in [1.54, 1.807) is 0 Å². The van der Waals surface area contributed by atoms with Crippen molar-refractivity contribution in [3.8, 4) is 0 Å². The topological polar surface area (TPSA) is 78.9 Å². The molecule has 0 aromatic carbocycles. The molecule has 0 aliphatic rings. The highest BCUT2D eigenvalue weighted by molar-refractivity contribution is 5.71. The predicted molar refractivity (Wildman–Crippen MR) is 338 cm³/mol. The van der Waals surface area contributed by atoms with Gasteiger partial charge in [-0.25, -0.2) is 0 Å². The van der Waals surface area contributed by atoms with Crippen molar-refractivity contribution in [3.05, 3.63) is 170 Å². The summed E-state index contributed by atoms with van der Waals surface area (Å²) < 4.78 is 16.8. The van der Waals surface area contributed by atoms with Crippen molar-refractivity contribution in [2.24, 2.45) is 0 Å². The van der Waals surface area contributed by atoms with Crippen molar-refractivity contribution in [3.63, 3.8) is 0 Å². The summed E-state index contributed by atoms with van der Waals surface area (Å²) in [4.78, 5) is 38.3. The van der Waals surface area contributed by atoms with Gasteiger partial charge in [-0.05, 0) is 148 Å². The van der Waals surface area contributed by atoms with Crippen LogP contribution < -0.4 is 0 Å². The molecule has 0 amide bonds. The minimum Gasteiger partial charge on any atom is -0.462 e. The zero-order valence-electron chi connectivity index (χ0n) is 49.9. The third kappa shape index (κ3) is 61.6. The molecule has 0 fully saturated rings. The molecule has 78 heavy (non-hydrogen) atoms. The van der Waals surface area contributed by atoms with Crippen molar-refractivity contribution in [2.75, 3.05) is 13.2 Å². The SMILES string of the molecule is CC/C=C\C/C=C\C/C=C\C/C=C\C/C=C\C/C=C\C/C=C\CCCCCC(=O)OCC(COC(=O)CCC/C=C\C/C=C\C/C=C\C/C=C\C/C=C\CC)OC(=O)CCCCCCCCC/C=C\C/C=C\CCCCCC. The van der Waals surface area contributed by atoms with E-state index < -0.39 is 6.10 Å². The van der Waals surface area contributed by atoms with E-state index in [9.17, 15) is 14.4 Å². The average Bonchev–Trinajstić information content (AvgIpc) is 3.44. The van der Waals surface area contributed by atoms with Crippen molar-refractivity contribution < 1.29 is 28.6 Å². The predicted octanol–water partition coefficient (Wildman–Crippen LogP) is 21.5. The van der Waals surface area contributed by atoms with E-state index in [-0.39, 0.29) is 37.5 Å². The number of allylic oxidation sites excluding steroid dienone is 28. The fourth-order valence-corrected chi connectivity index (χ4v) is 7.84. The Labute approximate surface area is 479 Å². The number of carbonyl (C=O) groups excluding carboxylic acids is 3. The summed E-state index contributed by atoms with van der Waals surface area (Å²) >= 11 is 0. The maximum absolute atomic E-state index is 12.9. The molecule has 1 atom stereocenters. The van der Waals surface area contributed by atoms with Crippen LogP contribution in [0.4, 0.5) is 0 Å². The fraction of sp³-hybridized carbons (Fsp3) is 0.569. The van der Waals surface area contributed by atoms with Gasteiger partial charge in [0.25, 0.3) is 0 Å². The molecule has 0 aromatic heterocycles. The standard InChI is InChI=1S/C72H112O6/c1-4-7-10-13-16-19-22-25-28-31-33-34-35-36-37-38-39-42-44-47-50-53-56-59-62-65-71(74)77-68-69(67-76-70(73)64-61-58-55-52-49-46-43-40-30-27-24-21-18-15-12-9-6-3)78-72(75)66-63-60-57-54-51-48-45-41-32-29-26-23-20-17-14-11-8-5-2/h7,9-10,12,16,18-21,23,25,27-30,32-34,36-37,39,42-43,46-47,50,52,55,69H,4-6,8,11,13-15,17,22,24,26,31,35,38,40-41,44-45,48-49,51,53-54,56-68H2,1-3H3/b10-7-,12-9-,19-16-,21-18-,23-20-,28-25-,30-27-,32-29-,34-33-,37-36-,42-39-,46-43-,50-47-,55-52-. The third-order valence-electron chi connectivity index (χ3n) is 12.4. The number of hydrogen-bond acceptors (Lipinski definition) is 6. The van der Waals surface area contributed by atoms with Crippen LogP contribution in [0, 0.1) is 0 Å². The van der Waals surface area contributed by atoms with E-state index in [1.165, 1.54) is 51.4 Å². The van der Waals surface area contributed by atoms with Crippen LogP contribution >= 0.6 is 0 Å². The van der Waals surface area contributed by atoms with Crippen molar-refractivity contribution in [1.29, 1.82) is 0 Å². The van der Waals surface area contributed by atoms with Gasteiger partial charge in [-0.2, -0.15) is 0 Å². The summed E-state index contributed by atoms with van der Waals surface area (Å²) in [5.41, 5.74) is 0. The Kier molecular flexibility index (Phi) is 60.0. The minimum absolute atomic E-state index is 0.125. The first-order chi connectivity index (χ1) is 38.5. The molecule has 0 N–H and O–H groups in total. The van der Waals surface area contributed by atoms with Crippen LogP contribution in [0.15, 0.2) is 170 Å². The van der Waals surface area contributed by atoms with E-state index in [0.717, 1.165) is 148 Å². The molecule has 6 nitrogen and oxygen atoms in total. The molecule has 1 unspecified atom stereocenters.